The van der Waals surface area contributed by atoms with Crippen molar-refractivity contribution in [3.05, 3.63) is 22.7 Å². The Kier molecular flexibility index (Phi) is 5.48. The fourth-order valence-electron chi connectivity index (χ4n) is 2.01. The molecule has 1 rings (SSSR count). The predicted octanol–water partition coefficient (Wildman–Crippen LogP) is 2.89. The van der Waals surface area contributed by atoms with Crippen LogP contribution in [-0.2, 0) is 0 Å². The number of anilines is 2. The van der Waals surface area contributed by atoms with Crippen molar-refractivity contribution in [3.63, 3.8) is 0 Å². The van der Waals surface area contributed by atoms with E-state index in [2.05, 4.69) is 18.7 Å². The van der Waals surface area contributed by atoms with Crippen molar-refractivity contribution < 1.29 is 4.79 Å². The van der Waals surface area contributed by atoms with Gasteiger partial charge in [0.05, 0.1) is 16.3 Å². The highest BCUT2D eigenvalue weighted by molar-refractivity contribution is 6.34. The van der Waals surface area contributed by atoms with Crippen LogP contribution in [0.25, 0.3) is 0 Å². The minimum absolute atomic E-state index is 0.384. The third-order valence-electron chi connectivity index (χ3n) is 3.28. The molecule has 0 aliphatic heterocycles. The van der Waals surface area contributed by atoms with Crippen molar-refractivity contribution in [2.75, 3.05) is 23.7 Å². The van der Waals surface area contributed by atoms with Gasteiger partial charge in [0.25, 0.3) is 5.91 Å². The molecule has 0 fully saturated rings. The first-order chi connectivity index (χ1) is 8.90. The molecule has 0 heterocycles. The molecule has 1 unspecified atom stereocenters. The summed E-state index contributed by atoms with van der Waals surface area (Å²) in [4.78, 5) is 13.7. The maximum Gasteiger partial charge on any atom is 0.250 e. The number of hydrogen-bond donors (Lipinski definition) is 2. The van der Waals surface area contributed by atoms with E-state index in [-0.39, 0.29) is 0 Å². The second-order valence-corrected chi connectivity index (χ2v) is 5.22. The van der Waals surface area contributed by atoms with Crippen molar-refractivity contribution in [2.24, 2.45) is 11.7 Å². The lowest BCUT2D eigenvalue weighted by molar-refractivity contribution is 0.100. The van der Waals surface area contributed by atoms with Crippen LogP contribution in [0.15, 0.2) is 12.1 Å². The highest BCUT2D eigenvalue weighted by Gasteiger charge is 2.19. The largest absolute Gasteiger partial charge is 0.399 e. The quantitative estimate of drug-likeness (QED) is 0.789. The standard InChI is InChI=1S/C14H22ClN3O/c1-4-9(3)8-18(5-2)13-11(14(17)19)6-10(16)7-12(13)15/h6-7,9H,4-5,8,16H2,1-3H3,(H2,17,19). The first kappa shape index (κ1) is 15.6. The molecule has 0 aromatic heterocycles. The summed E-state index contributed by atoms with van der Waals surface area (Å²) in [7, 11) is 0. The van der Waals surface area contributed by atoms with E-state index in [1.165, 1.54) is 0 Å². The summed E-state index contributed by atoms with van der Waals surface area (Å²) in [5, 5.41) is 0.471. The normalized spacial score (nSPS) is 12.2. The molecule has 106 valence electrons. The van der Waals surface area contributed by atoms with Gasteiger partial charge in [0.15, 0.2) is 0 Å². The van der Waals surface area contributed by atoms with Gasteiger partial charge in [-0.15, -0.1) is 0 Å². The minimum Gasteiger partial charge on any atom is -0.399 e. The highest BCUT2D eigenvalue weighted by atomic mass is 35.5. The zero-order valence-electron chi connectivity index (χ0n) is 11.7. The molecule has 0 saturated carbocycles. The Hall–Kier alpha value is -1.42. The zero-order valence-corrected chi connectivity index (χ0v) is 12.5. The molecule has 1 amide bonds. The van der Waals surface area contributed by atoms with Crippen molar-refractivity contribution >= 4 is 28.9 Å². The van der Waals surface area contributed by atoms with Crippen molar-refractivity contribution in [1.29, 1.82) is 0 Å². The molecular weight excluding hydrogens is 262 g/mol. The lowest BCUT2D eigenvalue weighted by Crippen LogP contribution is -2.30. The van der Waals surface area contributed by atoms with E-state index in [0.717, 1.165) is 19.5 Å². The second kappa shape index (κ2) is 6.66. The molecule has 0 aliphatic carbocycles. The Morgan fingerprint density at radius 1 is 1.42 bits per heavy atom. The van der Waals surface area contributed by atoms with Crippen LogP contribution < -0.4 is 16.4 Å². The number of primary amides is 1. The number of benzene rings is 1. The van der Waals surface area contributed by atoms with E-state index in [1.807, 2.05) is 6.92 Å². The summed E-state index contributed by atoms with van der Waals surface area (Å²) in [6, 6.07) is 3.24. The molecule has 0 saturated heterocycles. The average molecular weight is 284 g/mol. The molecule has 0 radical (unpaired) electrons. The van der Waals surface area contributed by atoms with Gasteiger partial charge >= 0.3 is 0 Å². The van der Waals surface area contributed by atoms with Gasteiger partial charge in [0, 0.05) is 18.8 Å². The van der Waals surface area contributed by atoms with E-state index < -0.39 is 5.91 Å². The maximum atomic E-state index is 11.6. The first-order valence-electron chi connectivity index (χ1n) is 6.54. The fraction of sp³-hybridized carbons (Fsp3) is 0.500. The van der Waals surface area contributed by atoms with Crippen molar-refractivity contribution in [1.82, 2.24) is 0 Å². The molecule has 4 N–H and O–H groups in total. The first-order valence-corrected chi connectivity index (χ1v) is 6.92. The molecule has 0 aliphatic rings. The van der Waals surface area contributed by atoms with Gasteiger partial charge in [-0.05, 0) is 25.0 Å². The molecule has 4 nitrogen and oxygen atoms in total. The molecule has 0 spiro atoms. The number of hydrogen-bond acceptors (Lipinski definition) is 3. The summed E-state index contributed by atoms with van der Waals surface area (Å²) >= 11 is 6.25. The van der Waals surface area contributed by atoms with Gasteiger partial charge in [0.1, 0.15) is 0 Å². The number of amides is 1. The average Bonchev–Trinajstić information content (AvgIpc) is 2.35. The van der Waals surface area contributed by atoms with Gasteiger partial charge in [-0.1, -0.05) is 31.9 Å². The summed E-state index contributed by atoms with van der Waals surface area (Å²) < 4.78 is 0. The van der Waals surface area contributed by atoms with Crippen LogP contribution in [0.1, 0.15) is 37.6 Å². The monoisotopic (exact) mass is 283 g/mol. The van der Waals surface area contributed by atoms with Gasteiger partial charge < -0.3 is 16.4 Å². The summed E-state index contributed by atoms with van der Waals surface area (Å²) in [6.07, 6.45) is 1.06. The summed E-state index contributed by atoms with van der Waals surface area (Å²) in [5.74, 6) is 0.00102. The van der Waals surface area contributed by atoms with Crippen LogP contribution in [0, 0.1) is 5.92 Å². The molecule has 1 atom stereocenters. The van der Waals surface area contributed by atoms with Gasteiger partial charge in [0.2, 0.25) is 0 Å². The van der Waals surface area contributed by atoms with Crippen LogP contribution in [0.5, 0.6) is 0 Å². The lowest BCUT2D eigenvalue weighted by Gasteiger charge is -2.28. The lowest BCUT2D eigenvalue weighted by atomic mass is 10.1. The molecule has 1 aromatic rings. The molecule has 19 heavy (non-hydrogen) atoms. The molecular formula is C14H22ClN3O. The van der Waals surface area contributed by atoms with Crippen molar-refractivity contribution in [2.45, 2.75) is 27.2 Å². The Bertz CT molecular complexity index is 462. The van der Waals surface area contributed by atoms with Crippen LogP contribution >= 0.6 is 11.6 Å². The van der Waals surface area contributed by atoms with E-state index in [1.54, 1.807) is 12.1 Å². The number of rotatable bonds is 6. The number of carbonyl (C=O) groups is 1. The molecule has 0 bridgehead atoms. The van der Waals surface area contributed by atoms with E-state index >= 15 is 0 Å². The summed E-state index contributed by atoms with van der Waals surface area (Å²) in [5.41, 5.74) is 12.7. The highest BCUT2D eigenvalue weighted by Crippen LogP contribution is 2.33. The zero-order chi connectivity index (χ0) is 14.6. The third kappa shape index (κ3) is 3.77. The topological polar surface area (TPSA) is 72.3 Å². The van der Waals surface area contributed by atoms with E-state index in [4.69, 9.17) is 23.1 Å². The fourth-order valence-corrected chi connectivity index (χ4v) is 2.36. The predicted molar refractivity (Wildman–Crippen MR) is 81.7 cm³/mol. The van der Waals surface area contributed by atoms with Crippen LogP contribution in [0.2, 0.25) is 5.02 Å². The maximum absolute atomic E-state index is 11.6. The Morgan fingerprint density at radius 3 is 2.53 bits per heavy atom. The van der Waals surface area contributed by atoms with Crippen molar-refractivity contribution in [3.8, 4) is 0 Å². The van der Waals surface area contributed by atoms with Gasteiger partial charge in [-0.2, -0.15) is 0 Å². The van der Waals surface area contributed by atoms with Crippen LogP contribution in [0.3, 0.4) is 0 Å². The number of nitrogens with two attached hydrogens (primary N) is 2. The SMILES string of the molecule is CCC(C)CN(CC)c1c(Cl)cc(N)cc1C(N)=O. The van der Waals surface area contributed by atoms with Crippen LogP contribution in [0.4, 0.5) is 11.4 Å². The Labute approximate surface area is 119 Å². The molecule has 1 aromatic carbocycles. The van der Waals surface area contributed by atoms with Gasteiger partial charge in [-0.3, -0.25) is 4.79 Å². The number of halogens is 1. The third-order valence-corrected chi connectivity index (χ3v) is 3.57. The van der Waals surface area contributed by atoms with E-state index in [9.17, 15) is 4.79 Å². The number of nitrogens with zero attached hydrogens (tertiary/aromatic N) is 1. The van der Waals surface area contributed by atoms with Crippen LogP contribution in [-0.4, -0.2) is 19.0 Å². The minimum atomic E-state index is -0.508. The molecule has 5 heteroatoms. The Morgan fingerprint density at radius 2 is 2.05 bits per heavy atom. The summed E-state index contributed by atoms with van der Waals surface area (Å²) in [6.45, 7) is 7.92. The number of nitrogen functional groups attached to an aromatic ring is 1. The smallest absolute Gasteiger partial charge is 0.250 e. The number of carbonyl (C=O) groups excluding carboxylic acids is 1. The second-order valence-electron chi connectivity index (χ2n) is 4.82. The van der Waals surface area contributed by atoms with Gasteiger partial charge in [-0.25, -0.2) is 0 Å². The Balaban J connectivity index is 3.25. The van der Waals surface area contributed by atoms with E-state index in [0.29, 0.717) is 27.9 Å².